The fourth-order valence-corrected chi connectivity index (χ4v) is 5.50. The van der Waals surface area contributed by atoms with Crippen LogP contribution >= 0.6 is 11.6 Å². The van der Waals surface area contributed by atoms with Gasteiger partial charge in [0.1, 0.15) is 13.7 Å². The Morgan fingerprint density at radius 3 is 2.90 bits per heavy atom. The Labute approximate surface area is 190 Å². The number of fused-ring (bicyclic) bond motifs is 1. The van der Waals surface area contributed by atoms with E-state index >= 15 is 0 Å². The number of benzene rings is 1. The van der Waals surface area contributed by atoms with E-state index in [1.807, 2.05) is 30.3 Å². The van der Waals surface area contributed by atoms with Crippen LogP contribution in [0.2, 0.25) is 5.02 Å². The molecular weight excluding hydrogens is 405 g/mol. The summed E-state index contributed by atoms with van der Waals surface area (Å²) < 4.78 is 1.80. The van der Waals surface area contributed by atoms with Gasteiger partial charge in [-0.25, -0.2) is 4.98 Å². The summed E-state index contributed by atoms with van der Waals surface area (Å²) in [5, 5.41) is 8.78. The van der Waals surface area contributed by atoms with Crippen LogP contribution < -0.4 is 10.8 Å². The second kappa shape index (κ2) is 8.83. The van der Waals surface area contributed by atoms with E-state index in [4.69, 9.17) is 24.4 Å². The van der Waals surface area contributed by atoms with E-state index in [0.29, 0.717) is 22.1 Å². The number of piperidine rings is 1. The first-order chi connectivity index (χ1) is 15.1. The zero-order valence-corrected chi connectivity index (χ0v) is 18.9. The van der Waals surface area contributed by atoms with E-state index in [9.17, 15) is 0 Å². The van der Waals surface area contributed by atoms with Gasteiger partial charge in [-0.2, -0.15) is 9.61 Å². The van der Waals surface area contributed by atoms with Crippen molar-refractivity contribution in [2.24, 2.45) is 11.8 Å². The van der Waals surface area contributed by atoms with Crippen molar-refractivity contribution in [3.8, 4) is 11.3 Å². The molecule has 2 aliphatic rings. The lowest BCUT2D eigenvalue weighted by atomic mass is 9.96. The molecule has 1 saturated carbocycles. The largest absolute Gasteiger partial charge is 0.370 e. The van der Waals surface area contributed by atoms with Gasteiger partial charge in [0, 0.05) is 42.0 Å². The van der Waals surface area contributed by atoms with Crippen molar-refractivity contribution in [2.45, 2.75) is 45.1 Å². The highest BCUT2D eigenvalue weighted by Crippen LogP contribution is 2.32. The number of aromatic nitrogens is 3. The zero-order valence-electron chi connectivity index (χ0n) is 18.1. The van der Waals surface area contributed by atoms with Crippen molar-refractivity contribution < 1.29 is 0 Å². The lowest BCUT2D eigenvalue weighted by molar-refractivity contribution is 0.127. The molecule has 3 heterocycles. The molecule has 1 aliphatic carbocycles. The normalized spacial score (nSPS) is 24.6. The summed E-state index contributed by atoms with van der Waals surface area (Å²) in [4.78, 5) is 7.47. The average molecular weight is 434 g/mol. The van der Waals surface area contributed by atoms with E-state index in [2.05, 4.69) is 22.2 Å². The number of nitrogens with one attached hydrogen (secondary N) is 1. The first-order valence-corrected chi connectivity index (χ1v) is 11.8. The van der Waals surface area contributed by atoms with Gasteiger partial charge in [-0.05, 0) is 62.0 Å². The number of hydrogen-bond donors (Lipinski definition) is 1. The molecule has 7 heteroatoms. The summed E-state index contributed by atoms with van der Waals surface area (Å²) in [5.41, 5.74) is 2.92. The molecule has 0 amide bonds. The molecule has 160 valence electrons. The number of anilines is 1. The third kappa shape index (κ3) is 4.33. The Kier molecular flexibility index (Phi) is 5.94. The SMILES string of the molecule is [B]c1cnn2c(NCC3CCCN(C4CCC(C)C4)C3)cc(-c3ccccc3Cl)nc12. The quantitative estimate of drug-likeness (QED) is 0.614. The molecule has 5 nitrogen and oxygen atoms in total. The maximum absolute atomic E-state index is 6.44. The van der Waals surface area contributed by atoms with Crippen LogP contribution in [-0.2, 0) is 0 Å². The highest BCUT2D eigenvalue weighted by molar-refractivity contribution is 6.36. The molecule has 0 bridgehead atoms. The van der Waals surface area contributed by atoms with Crippen molar-refractivity contribution in [3.05, 3.63) is 41.6 Å². The molecule has 31 heavy (non-hydrogen) atoms. The van der Waals surface area contributed by atoms with Crippen LogP contribution in [0.3, 0.4) is 0 Å². The maximum atomic E-state index is 6.44. The van der Waals surface area contributed by atoms with Gasteiger partial charge >= 0.3 is 0 Å². The lowest BCUT2D eigenvalue weighted by Crippen LogP contribution is -2.43. The van der Waals surface area contributed by atoms with Gasteiger partial charge in [-0.1, -0.05) is 36.7 Å². The Morgan fingerprint density at radius 2 is 2.10 bits per heavy atom. The van der Waals surface area contributed by atoms with Gasteiger partial charge in [0.25, 0.3) is 0 Å². The van der Waals surface area contributed by atoms with E-state index in [0.717, 1.165) is 35.6 Å². The third-order valence-corrected chi connectivity index (χ3v) is 7.28. The van der Waals surface area contributed by atoms with Gasteiger partial charge in [0.2, 0.25) is 0 Å². The van der Waals surface area contributed by atoms with Crippen LogP contribution in [0.4, 0.5) is 5.82 Å². The average Bonchev–Trinajstić information content (AvgIpc) is 3.38. The number of nitrogens with zero attached hydrogens (tertiary/aromatic N) is 4. The molecule has 1 saturated heterocycles. The van der Waals surface area contributed by atoms with Crippen LogP contribution in [0.25, 0.3) is 16.9 Å². The van der Waals surface area contributed by atoms with Gasteiger partial charge in [0.05, 0.1) is 5.69 Å². The molecule has 2 fully saturated rings. The number of hydrogen-bond acceptors (Lipinski definition) is 4. The molecule has 1 N–H and O–H groups in total. The minimum atomic E-state index is 0.566. The predicted molar refractivity (Wildman–Crippen MR) is 128 cm³/mol. The van der Waals surface area contributed by atoms with E-state index in [1.165, 1.54) is 45.2 Å². The van der Waals surface area contributed by atoms with Gasteiger partial charge in [-0.15, -0.1) is 0 Å². The van der Waals surface area contributed by atoms with Crippen molar-refractivity contribution in [2.75, 3.05) is 25.0 Å². The summed E-state index contributed by atoms with van der Waals surface area (Å²) in [6, 6.07) is 10.6. The Hall–Kier alpha value is -2.05. The second-order valence-electron chi connectivity index (χ2n) is 9.30. The summed E-state index contributed by atoms with van der Waals surface area (Å²) >= 11 is 6.44. The second-order valence-corrected chi connectivity index (χ2v) is 9.71. The highest BCUT2D eigenvalue weighted by Gasteiger charge is 2.30. The highest BCUT2D eigenvalue weighted by atomic mass is 35.5. The van der Waals surface area contributed by atoms with Crippen LogP contribution in [-0.4, -0.2) is 53.0 Å². The topological polar surface area (TPSA) is 45.5 Å². The third-order valence-electron chi connectivity index (χ3n) is 6.95. The monoisotopic (exact) mass is 433 g/mol. The molecule has 0 spiro atoms. The van der Waals surface area contributed by atoms with Crippen molar-refractivity contribution in [3.63, 3.8) is 0 Å². The van der Waals surface area contributed by atoms with E-state index in [1.54, 1.807) is 10.7 Å². The number of rotatable bonds is 5. The molecule has 2 radical (unpaired) electrons. The summed E-state index contributed by atoms with van der Waals surface area (Å²) in [6.07, 6.45) is 8.30. The molecule has 2 aromatic heterocycles. The van der Waals surface area contributed by atoms with E-state index in [-0.39, 0.29) is 0 Å². The number of likely N-dealkylation sites (tertiary alicyclic amines) is 1. The van der Waals surface area contributed by atoms with Crippen molar-refractivity contribution in [1.29, 1.82) is 0 Å². The van der Waals surface area contributed by atoms with Gasteiger partial charge in [-0.3, -0.25) is 0 Å². The number of halogens is 1. The van der Waals surface area contributed by atoms with Crippen LogP contribution in [0.5, 0.6) is 0 Å². The Balaban J connectivity index is 1.36. The summed E-state index contributed by atoms with van der Waals surface area (Å²) in [6.45, 7) is 5.74. The first kappa shape index (κ1) is 20.8. The van der Waals surface area contributed by atoms with Crippen LogP contribution in [0.15, 0.2) is 36.5 Å². The minimum absolute atomic E-state index is 0.566. The van der Waals surface area contributed by atoms with Crippen LogP contribution in [0.1, 0.15) is 39.0 Å². The molecule has 1 aromatic carbocycles. The van der Waals surface area contributed by atoms with Gasteiger partial charge < -0.3 is 10.2 Å². The predicted octanol–water partition coefficient (Wildman–Crippen LogP) is 4.16. The van der Waals surface area contributed by atoms with Crippen molar-refractivity contribution >= 4 is 36.4 Å². The zero-order chi connectivity index (χ0) is 21.4. The Morgan fingerprint density at radius 1 is 1.23 bits per heavy atom. The first-order valence-electron chi connectivity index (χ1n) is 11.5. The summed E-state index contributed by atoms with van der Waals surface area (Å²) in [5.74, 6) is 2.41. The fourth-order valence-electron chi connectivity index (χ4n) is 5.27. The summed E-state index contributed by atoms with van der Waals surface area (Å²) in [7, 11) is 6.16. The van der Waals surface area contributed by atoms with E-state index < -0.39 is 0 Å². The lowest BCUT2D eigenvalue weighted by Gasteiger charge is -2.37. The molecule has 5 rings (SSSR count). The maximum Gasteiger partial charge on any atom is 0.150 e. The molecule has 3 unspecified atom stereocenters. The minimum Gasteiger partial charge on any atom is -0.370 e. The van der Waals surface area contributed by atoms with Gasteiger partial charge in [0.15, 0.2) is 5.65 Å². The molecule has 3 aromatic rings. The standard InChI is InChI=1S/C24H29BClN5/c1-16-8-9-18(11-16)30-10-4-5-17(15-30)13-27-23-12-22(19-6-2-3-7-21(19)26)29-24-20(25)14-28-31(23)24/h2-3,6-7,12,14,16-18,27H,4-5,8-11,13,15H2,1H3. The Bertz CT molecular complexity index is 1070. The van der Waals surface area contributed by atoms with Crippen molar-refractivity contribution in [1.82, 2.24) is 19.5 Å². The molecular formula is C24H29BClN5. The smallest absolute Gasteiger partial charge is 0.150 e. The fraction of sp³-hybridized carbons (Fsp3) is 0.500. The molecule has 1 aliphatic heterocycles. The molecule has 3 atom stereocenters. The van der Waals surface area contributed by atoms with Crippen LogP contribution in [0, 0.1) is 11.8 Å².